The van der Waals surface area contributed by atoms with E-state index in [0.29, 0.717) is 12.8 Å². The summed E-state index contributed by atoms with van der Waals surface area (Å²) in [5, 5.41) is 159. The summed E-state index contributed by atoms with van der Waals surface area (Å²) in [5.74, 6) is -1.53. The van der Waals surface area contributed by atoms with Gasteiger partial charge in [0.15, 0.2) is 25.2 Å². The Kier molecular flexibility index (Phi) is 43.1. The molecule has 0 saturated carbocycles. The highest BCUT2D eigenvalue weighted by molar-refractivity contribution is 5.80. The van der Waals surface area contributed by atoms with Crippen molar-refractivity contribution in [1.29, 1.82) is 0 Å². The molecule has 0 aliphatic carbocycles. The van der Waals surface area contributed by atoms with Gasteiger partial charge in [-0.3, -0.25) is 9.59 Å². The number of hydrogen-bond donors (Lipinski definition) is 16. The minimum atomic E-state index is -2.09. The van der Waals surface area contributed by atoms with Crippen LogP contribution in [0.3, 0.4) is 0 Å². The lowest BCUT2D eigenvalue weighted by Crippen LogP contribution is -2.66. The Bertz CT molecular complexity index is 1940. The zero-order valence-electron chi connectivity index (χ0n) is 57.1. The molecule has 554 valence electrons. The molecule has 0 aromatic rings. The molecule has 94 heavy (non-hydrogen) atoms. The molecule has 2 amide bonds. The van der Waals surface area contributed by atoms with Crippen molar-refractivity contribution >= 4 is 11.8 Å². The fourth-order valence-corrected chi connectivity index (χ4v) is 12.9. The number of nitrogens with one attached hydrogen (secondary N) is 2. The molecule has 4 heterocycles. The summed E-state index contributed by atoms with van der Waals surface area (Å²) in [6.07, 6.45) is 0.267. The van der Waals surface area contributed by atoms with E-state index in [1.165, 1.54) is 142 Å². The van der Waals surface area contributed by atoms with Crippen molar-refractivity contribution in [2.45, 2.75) is 393 Å². The third-order valence-electron chi connectivity index (χ3n) is 19.0. The first-order chi connectivity index (χ1) is 45.2. The fourth-order valence-electron chi connectivity index (χ4n) is 12.9. The Balaban J connectivity index is 1.37. The molecule has 0 radical (unpaired) electrons. The standard InChI is InChI=1S/C68H128N2O24/c1-5-7-9-11-13-15-17-19-20-21-22-23-24-25-26-28-30-32-34-36-38-47(75)64(86)70-45(52(76)46(74)37-35-33-31-29-27-18-16-14-12-10-8-6-2)40-87-68-63(58(82)53(77)48(39-71)90-68)94-67-60(84)57(81)55(79)50(92-67)41-88-65-51(69-44(4)73)56(80)54(78)49(91-65)42-89-66-61(85)59(83)62(93-66)43(3)72/h43,45-63,65-68,71-72,74-85H,5-42H2,1-4H3,(H,69,73)(H,70,86). The average molecular weight is 1360 g/mol. The molecular weight excluding hydrogens is 1230 g/mol. The van der Waals surface area contributed by atoms with Crippen LogP contribution in [0.4, 0.5) is 0 Å². The first-order valence-corrected chi connectivity index (χ1v) is 36.3. The van der Waals surface area contributed by atoms with Crippen LogP contribution in [0.5, 0.6) is 0 Å². The van der Waals surface area contributed by atoms with E-state index in [-0.39, 0.29) is 12.8 Å². The molecule has 0 bridgehead atoms. The number of aliphatic hydroxyl groups is 14. The molecule has 24 atom stereocenters. The van der Waals surface area contributed by atoms with Gasteiger partial charge in [-0.1, -0.05) is 219 Å². The third kappa shape index (κ3) is 29.7. The second kappa shape index (κ2) is 48.0. The number of amides is 2. The molecule has 26 heteroatoms. The van der Waals surface area contributed by atoms with Crippen LogP contribution in [0.25, 0.3) is 0 Å². The van der Waals surface area contributed by atoms with Crippen LogP contribution < -0.4 is 10.6 Å². The van der Waals surface area contributed by atoms with Gasteiger partial charge in [-0.15, -0.1) is 0 Å². The number of unbranched alkanes of at least 4 members (excludes halogenated alkanes) is 30. The maximum atomic E-state index is 13.7. The Hall–Kier alpha value is -1.94. The van der Waals surface area contributed by atoms with Crippen LogP contribution in [-0.4, -0.2) is 257 Å². The van der Waals surface area contributed by atoms with E-state index in [4.69, 9.17) is 37.9 Å². The van der Waals surface area contributed by atoms with Gasteiger partial charge < -0.3 is 120 Å². The van der Waals surface area contributed by atoms with Crippen molar-refractivity contribution in [2.24, 2.45) is 0 Å². The lowest BCUT2D eigenvalue weighted by Gasteiger charge is -2.47. The molecular formula is C68H128N2O24. The summed E-state index contributed by atoms with van der Waals surface area (Å²) in [6, 6.07) is -2.92. The van der Waals surface area contributed by atoms with Gasteiger partial charge in [0.25, 0.3) is 0 Å². The maximum absolute atomic E-state index is 13.7. The van der Waals surface area contributed by atoms with Gasteiger partial charge in [-0.2, -0.15) is 0 Å². The lowest BCUT2D eigenvalue weighted by molar-refractivity contribution is -0.371. The second-order valence-electron chi connectivity index (χ2n) is 27.1. The van der Waals surface area contributed by atoms with E-state index < -0.39 is 185 Å². The van der Waals surface area contributed by atoms with E-state index in [0.717, 1.165) is 64.7 Å². The highest BCUT2D eigenvalue weighted by atomic mass is 16.8. The van der Waals surface area contributed by atoms with Crippen LogP contribution in [0, 0.1) is 0 Å². The van der Waals surface area contributed by atoms with E-state index >= 15 is 0 Å². The SMILES string of the molecule is CCCCCCCCCCCCCCCCCCCCCCC(O)C(=O)NC(COC1OC(CO)C(O)C(O)C1OC1OC(COC2OC(COC3OC(C(C)O)C(O)C3O)C(O)C(O)C2NC(C)=O)C(O)C(O)C1O)C(O)C(O)CCCCCCCCCCCCCC. The van der Waals surface area contributed by atoms with Crippen LogP contribution >= 0.6 is 0 Å². The van der Waals surface area contributed by atoms with Crippen molar-refractivity contribution in [3.63, 3.8) is 0 Å². The van der Waals surface area contributed by atoms with Crippen LogP contribution in [0.2, 0.25) is 0 Å². The number of rotatable bonds is 52. The molecule has 0 aromatic carbocycles. The summed E-state index contributed by atoms with van der Waals surface area (Å²) in [4.78, 5) is 26.0. The second-order valence-corrected chi connectivity index (χ2v) is 27.1. The van der Waals surface area contributed by atoms with Crippen molar-refractivity contribution in [3.05, 3.63) is 0 Å². The van der Waals surface area contributed by atoms with E-state index in [1.54, 1.807) is 0 Å². The van der Waals surface area contributed by atoms with Gasteiger partial charge >= 0.3 is 0 Å². The predicted octanol–water partition coefficient (Wildman–Crippen LogP) is 3.32. The van der Waals surface area contributed by atoms with Crippen LogP contribution in [0.1, 0.15) is 246 Å². The molecule has 4 rings (SSSR count). The largest absolute Gasteiger partial charge is 0.394 e. The Morgan fingerprint density at radius 3 is 1.29 bits per heavy atom. The number of aliphatic hydroxyl groups excluding tert-OH is 14. The first kappa shape index (κ1) is 84.5. The molecule has 4 aliphatic heterocycles. The quantitative estimate of drug-likeness (QED) is 0.0388. The van der Waals surface area contributed by atoms with Crippen molar-refractivity contribution < 1.29 is 119 Å². The van der Waals surface area contributed by atoms with Gasteiger partial charge in [0.2, 0.25) is 11.8 Å². The van der Waals surface area contributed by atoms with Crippen LogP contribution in [0.15, 0.2) is 0 Å². The molecule has 16 N–H and O–H groups in total. The van der Waals surface area contributed by atoms with E-state index in [9.17, 15) is 81.1 Å². The van der Waals surface area contributed by atoms with Crippen molar-refractivity contribution in [1.82, 2.24) is 10.6 Å². The predicted molar refractivity (Wildman–Crippen MR) is 346 cm³/mol. The first-order valence-electron chi connectivity index (χ1n) is 36.3. The van der Waals surface area contributed by atoms with Crippen molar-refractivity contribution in [2.75, 3.05) is 26.4 Å². The Labute approximate surface area is 559 Å². The number of carbonyl (C=O) groups excluding carboxylic acids is 2. The minimum Gasteiger partial charge on any atom is -0.394 e. The third-order valence-corrected chi connectivity index (χ3v) is 19.0. The van der Waals surface area contributed by atoms with Gasteiger partial charge in [-0.25, -0.2) is 0 Å². The fraction of sp³-hybridized carbons (Fsp3) is 0.971. The number of ether oxygens (including phenoxy) is 8. The molecule has 0 aromatic heterocycles. The summed E-state index contributed by atoms with van der Waals surface area (Å²) in [5.41, 5.74) is 0. The molecule has 24 unspecified atom stereocenters. The summed E-state index contributed by atoms with van der Waals surface area (Å²) in [6.45, 7) is 3.99. The summed E-state index contributed by atoms with van der Waals surface area (Å²) in [7, 11) is 0. The monoisotopic (exact) mass is 1360 g/mol. The molecule has 0 spiro atoms. The summed E-state index contributed by atoms with van der Waals surface area (Å²) >= 11 is 0. The van der Waals surface area contributed by atoms with Gasteiger partial charge in [0.1, 0.15) is 104 Å². The van der Waals surface area contributed by atoms with Crippen molar-refractivity contribution in [3.8, 4) is 0 Å². The highest BCUT2D eigenvalue weighted by Crippen LogP contribution is 2.33. The molecule has 4 saturated heterocycles. The average Bonchev–Trinajstić information content (AvgIpc) is 0.923. The molecule has 26 nitrogen and oxygen atoms in total. The number of carbonyl (C=O) groups is 2. The smallest absolute Gasteiger partial charge is 0.249 e. The van der Waals surface area contributed by atoms with Crippen LogP contribution in [-0.2, 0) is 47.5 Å². The van der Waals surface area contributed by atoms with Gasteiger partial charge in [0, 0.05) is 6.92 Å². The summed E-state index contributed by atoms with van der Waals surface area (Å²) < 4.78 is 46.7. The number of hydrogen-bond acceptors (Lipinski definition) is 24. The van der Waals surface area contributed by atoms with Gasteiger partial charge in [-0.05, 0) is 19.8 Å². The van der Waals surface area contributed by atoms with Gasteiger partial charge in [0.05, 0.1) is 44.7 Å². The molecule has 4 fully saturated rings. The topological polar surface area (TPSA) is 415 Å². The maximum Gasteiger partial charge on any atom is 0.249 e. The minimum absolute atomic E-state index is 0.126. The normalized spacial score (nSPS) is 32.3. The zero-order valence-corrected chi connectivity index (χ0v) is 57.1. The Morgan fingerprint density at radius 1 is 0.436 bits per heavy atom. The lowest BCUT2D eigenvalue weighted by atomic mass is 9.96. The zero-order chi connectivity index (χ0) is 69.0. The van der Waals surface area contributed by atoms with E-state index in [2.05, 4.69) is 24.5 Å². The highest BCUT2D eigenvalue weighted by Gasteiger charge is 2.53. The Morgan fingerprint density at radius 2 is 0.840 bits per heavy atom. The molecule has 4 aliphatic rings. The van der Waals surface area contributed by atoms with E-state index in [1.807, 2.05) is 0 Å².